The van der Waals surface area contributed by atoms with E-state index in [2.05, 4.69) is 17.2 Å². The van der Waals surface area contributed by atoms with Crippen LogP contribution in [0.3, 0.4) is 0 Å². The van der Waals surface area contributed by atoms with Gasteiger partial charge < -0.3 is 46.0 Å². The molecule has 300 valence electrons. The zero-order valence-electron chi connectivity index (χ0n) is 31.7. The van der Waals surface area contributed by atoms with Gasteiger partial charge in [0.15, 0.2) is 5.96 Å². The summed E-state index contributed by atoms with van der Waals surface area (Å²) in [7, 11) is 0. The van der Waals surface area contributed by atoms with E-state index in [1.165, 1.54) is 19.3 Å². The molecule has 0 radical (unpaired) electrons. The Balaban J connectivity index is 1.13. The fourth-order valence-electron chi connectivity index (χ4n) is 10.7. The van der Waals surface area contributed by atoms with Crippen molar-refractivity contribution in [3.05, 3.63) is 34.4 Å². The second kappa shape index (κ2) is 16.4. The molecule has 0 spiro atoms. The van der Waals surface area contributed by atoms with Gasteiger partial charge in [0, 0.05) is 56.6 Å². The van der Waals surface area contributed by atoms with Crippen molar-refractivity contribution in [3.63, 3.8) is 0 Å². The summed E-state index contributed by atoms with van der Waals surface area (Å²) < 4.78 is 16.9. The molecule has 4 aliphatic rings. The fraction of sp³-hybridized carbons (Fsp3) is 0.744. The van der Waals surface area contributed by atoms with Crippen LogP contribution in [0.4, 0.5) is 0 Å². The van der Waals surface area contributed by atoms with Gasteiger partial charge in [-0.05, 0) is 93.1 Å². The van der Waals surface area contributed by atoms with E-state index in [0.717, 1.165) is 6.42 Å². The number of carbonyl (C=O) groups is 4. The highest BCUT2D eigenvalue weighted by Crippen LogP contribution is 2.71. The van der Waals surface area contributed by atoms with E-state index in [0.29, 0.717) is 69.8 Å². The van der Waals surface area contributed by atoms with Gasteiger partial charge in [0.1, 0.15) is 18.2 Å². The first-order valence-corrected chi connectivity index (χ1v) is 19.4. The third-order valence-corrected chi connectivity index (χ3v) is 13.5. The normalized spacial score (nSPS) is 34.6. The van der Waals surface area contributed by atoms with E-state index in [1.54, 1.807) is 6.07 Å². The molecule has 10 atom stereocenters. The average molecular weight is 759 g/mol. The number of carbonyl (C=O) groups excluding carboxylic acids is 3. The zero-order chi connectivity index (χ0) is 39.5. The van der Waals surface area contributed by atoms with Crippen LogP contribution in [-0.2, 0) is 28.7 Å². The molecule has 0 aliphatic heterocycles. The number of guanidine groups is 1. The number of nitrogens with one attached hydrogen (secondary N) is 1. The van der Waals surface area contributed by atoms with Crippen molar-refractivity contribution in [2.24, 2.45) is 39.1 Å². The maximum atomic E-state index is 12.9. The molecule has 4 aliphatic carbocycles. The van der Waals surface area contributed by atoms with Crippen molar-refractivity contribution >= 4 is 29.8 Å². The van der Waals surface area contributed by atoms with Crippen LogP contribution in [0.1, 0.15) is 129 Å². The highest BCUT2D eigenvalue weighted by Gasteiger charge is 2.72. The summed E-state index contributed by atoms with van der Waals surface area (Å²) in [6.07, 6.45) is 6.98. The minimum Gasteiger partial charge on any atom is -0.480 e. The number of unbranched alkanes of at least 4 members (excludes halogenated alkanes) is 2. The monoisotopic (exact) mass is 758 g/mol. The molecule has 15 heteroatoms. The third kappa shape index (κ3) is 8.31. The maximum Gasteiger partial charge on any atom is 0.335 e. The number of rotatable bonds is 15. The first-order chi connectivity index (χ1) is 25.4. The molecule has 5 rings (SSSR count). The fourth-order valence-corrected chi connectivity index (χ4v) is 10.7. The smallest absolute Gasteiger partial charge is 0.335 e. The Morgan fingerprint density at radius 3 is 2.31 bits per heavy atom. The lowest BCUT2D eigenvalue weighted by Crippen LogP contribution is -2.67. The number of nitrogens with zero attached hydrogens (tertiary/aromatic N) is 1. The average Bonchev–Trinajstić information content (AvgIpc) is 3.32. The van der Waals surface area contributed by atoms with Crippen molar-refractivity contribution in [3.8, 4) is 0 Å². The molecule has 1 heterocycles. The quantitative estimate of drug-likeness (QED) is 0.0652. The lowest BCUT2D eigenvalue weighted by Gasteiger charge is -2.66. The highest BCUT2D eigenvalue weighted by molar-refractivity contribution is 5.83. The van der Waals surface area contributed by atoms with Crippen LogP contribution in [0, 0.1) is 22.7 Å². The number of ether oxygens (including phenoxy) is 2. The van der Waals surface area contributed by atoms with Crippen molar-refractivity contribution < 1.29 is 48.4 Å². The van der Waals surface area contributed by atoms with Crippen LogP contribution in [-0.4, -0.2) is 81.1 Å². The molecule has 15 nitrogen and oxygen atoms in total. The molecule has 4 fully saturated rings. The SMILES string of the molecule is CC(=O)O[C@H]1C[C@]2(O)C3CC[C@]4(O)C[C@@H](OC(=O)CCCCCC(=O)NC(CCCN=C(N)N)C(=O)O)CC[C@]4(C)C3CC[C@]2(C)[C@H]1c1ccc(=O)oc1. The first-order valence-electron chi connectivity index (χ1n) is 19.4. The summed E-state index contributed by atoms with van der Waals surface area (Å²) in [5.41, 5.74) is 7.29. The van der Waals surface area contributed by atoms with Gasteiger partial charge >= 0.3 is 23.5 Å². The second-order valence-corrected chi connectivity index (χ2v) is 16.6. The summed E-state index contributed by atoms with van der Waals surface area (Å²) in [4.78, 5) is 64.6. The minimum absolute atomic E-state index is 0.0101. The van der Waals surface area contributed by atoms with E-state index in [9.17, 15) is 39.3 Å². The molecule has 8 N–H and O–H groups in total. The molecule has 1 aromatic heterocycles. The number of aliphatic carboxylic acids is 1. The Bertz CT molecular complexity index is 1630. The lowest BCUT2D eigenvalue weighted by atomic mass is 9.42. The van der Waals surface area contributed by atoms with Crippen LogP contribution in [0.25, 0.3) is 0 Å². The number of aliphatic imine (C=N–C) groups is 1. The molecule has 0 saturated heterocycles. The van der Waals surface area contributed by atoms with Gasteiger partial charge in [0.2, 0.25) is 5.91 Å². The molecule has 0 aromatic carbocycles. The lowest BCUT2D eigenvalue weighted by molar-refractivity contribution is -0.255. The molecule has 1 amide bonds. The van der Waals surface area contributed by atoms with Gasteiger partial charge in [0.25, 0.3) is 0 Å². The van der Waals surface area contributed by atoms with Gasteiger partial charge in [-0.25, -0.2) is 9.59 Å². The van der Waals surface area contributed by atoms with Crippen molar-refractivity contribution in [1.29, 1.82) is 0 Å². The molecular weight excluding hydrogens is 700 g/mol. The molecular formula is C39H58N4O11. The van der Waals surface area contributed by atoms with Gasteiger partial charge in [-0.2, -0.15) is 0 Å². The van der Waals surface area contributed by atoms with Crippen molar-refractivity contribution in [1.82, 2.24) is 5.32 Å². The van der Waals surface area contributed by atoms with Crippen LogP contribution in [0.15, 0.2) is 32.6 Å². The summed E-state index contributed by atoms with van der Waals surface area (Å²) in [6.45, 7) is 5.78. The van der Waals surface area contributed by atoms with Crippen molar-refractivity contribution in [2.75, 3.05) is 6.54 Å². The standard InChI is InChI=1S/C39H58N4O11/c1-23(44)53-29-21-39(51)27-15-18-38(50)20-25(13-16-36(38,2)26(27)14-17-37(39,3)33(29)24-11-12-31(46)52-22-24)54-32(47)10-6-4-5-9-30(45)43-28(34(48)49)8-7-19-42-35(40)41/h11-12,22,25-29,33,50-51H,4-10,13-21H2,1-3H3,(H,43,45)(H,48,49)(H4,40,41,42)/t25-,26?,27?,28?,29-,33-,36+,37+,38-,39-/m0/s1. The van der Waals surface area contributed by atoms with E-state index in [-0.39, 0.29) is 67.8 Å². The number of aliphatic hydroxyl groups is 2. The minimum atomic E-state index is -1.20. The van der Waals surface area contributed by atoms with E-state index < -0.39 is 57.8 Å². The zero-order valence-corrected chi connectivity index (χ0v) is 31.7. The third-order valence-electron chi connectivity index (χ3n) is 13.5. The Morgan fingerprint density at radius 1 is 0.944 bits per heavy atom. The first kappa shape index (κ1) is 41.2. The predicted octanol–water partition coefficient (Wildman–Crippen LogP) is 3.02. The van der Waals surface area contributed by atoms with Gasteiger partial charge in [-0.1, -0.05) is 20.3 Å². The second-order valence-electron chi connectivity index (χ2n) is 16.6. The molecule has 0 bridgehead atoms. The summed E-state index contributed by atoms with van der Waals surface area (Å²) in [6, 6.07) is 2.01. The molecule has 4 saturated carbocycles. The number of carboxylic acid groups (broad SMARTS) is 1. The van der Waals surface area contributed by atoms with Crippen molar-refractivity contribution in [2.45, 2.75) is 152 Å². The Morgan fingerprint density at radius 2 is 1.65 bits per heavy atom. The van der Waals surface area contributed by atoms with Gasteiger partial charge in [-0.15, -0.1) is 0 Å². The molecule has 3 unspecified atom stereocenters. The van der Waals surface area contributed by atoms with Gasteiger partial charge in [0.05, 0.1) is 17.5 Å². The Labute approximate surface area is 315 Å². The van der Waals surface area contributed by atoms with Crippen LogP contribution >= 0.6 is 0 Å². The highest BCUT2D eigenvalue weighted by atomic mass is 16.5. The molecule has 54 heavy (non-hydrogen) atoms. The number of hydrogen-bond donors (Lipinski definition) is 6. The van der Waals surface area contributed by atoms with E-state index in [4.69, 9.17) is 25.4 Å². The summed E-state index contributed by atoms with van der Waals surface area (Å²) in [5.74, 6) is -2.93. The van der Waals surface area contributed by atoms with Crippen LogP contribution in [0.2, 0.25) is 0 Å². The predicted molar refractivity (Wildman–Crippen MR) is 196 cm³/mol. The molecule has 1 aromatic rings. The number of fused-ring (bicyclic) bond motifs is 5. The van der Waals surface area contributed by atoms with Gasteiger partial charge in [-0.3, -0.25) is 19.4 Å². The Hall–Kier alpha value is -3.98. The number of carboxylic acids is 1. The number of esters is 2. The Kier molecular flexibility index (Phi) is 12.5. The summed E-state index contributed by atoms with van der Waals surface area (Å²) >= 11 is 0. The number of amides is 1. The maximum absolute atomic E-state index is 12.9. The number of hydrogen-bond acceptors (Lipinski definition) is 11. The van der Waals surface area contributed by atoms with Crippen LogP contribution in [0.5, 0.6) is 0 Å². The number of nitrogens with two attached hydrogens (primary N) is 2. The largest absolute Gasteiger partial charge is 0.480 e. The topological polar surface area (TPSA) is 254 Å². The summed E-state index contributed by atoms with van der Waals surface area (Å²) in [5, 5.41) is 37.0. The van der Waals surface area contributed by atoms with Crippen LogP contribution < -0.4 is 22.4 Å². The van der Waals surface area contributed by atoms with E-state index >= 15 is 0 Å². The van der Waals surface area contributed by atoms with E-state index in [1.807, 2.05) is 6.92 Å².